The van der Waals surface area contributed by atoms with Gasteiger partial charge < -0.3 is 10.5 Å². The molecule has 2 N–H and O–H groups in total. The molecule has 16 heavy (non-hydrogen) atoms. The summed E-state index contributed by atoms with van der Waals surface area (Å²) >= 11 is 1.74. The number of anilines is 1. The number of nitrogens with zero attached hydrogens (tertiary/aromatic N) is 1. The second-order valence-electron chi connectivity index (χ2n) is 3.51. The van der Waals surface area contributed by atoms with Gasteiger partial charge in [0, 0.05) is 17.0 Å². The maximum absolute atomic E-state index is 5.75. The molecule has 0 aliphatic carbocycles. The summed E-state index contributed by atoms with van der Waals surface area (Å²) in [5.41, 5.74) is 6.65. The van der Waals surface area contributed by atoms with E-state index >= 15 is 0 Å². The molecule has 0 aliphatic rings. The fourth-order valence-corrected chi connectivity index (χ4v) is 2.09. The molecular formula is C12H14N2OS. The Labute approximate surface area is 98.9 Å². The topological polar surface area (TPSA) is 48.1 Å². The average Bonchev–Trinajstić information content (AvgIpc) is 2.74. The Kier molecular flexibility index (Phi) is 3.41. The SMILES string of the molecule is Cc1ccc(OCCc2cccs2)c(N)n1. The first kappa shape index (κ1) is 11.0. The number of hydrogen-bond acceptors (Lipinski definition) is 4. The zero-order chi connectivity index (χ0) is 11.4. The first-order chi connectivity index (χ1) is 7.75. The third-order valence-electron chi connectivity index (χ3n) is 2.21. The molecule has 0 fully saturated rings. The van der Waals surface area contributed by atoms with Crippen LogP contribution in [0.25, 0.3) is 0 Å². The monoisotopic (exact) mass is 234 g/mol. The van der Waals surface area contributed by atoms with E-state index < -0.39 is 0 Å². The second-order valence-corrected chi connectivity index (χ2v) is 4.55. The Balaban J connectivity index is 1.90. The maximum Gasteiger partial charge on any atom is 0.166 e. The van der Waals surface area contributed by atoms with E-state index in [1.165, 1.54) is 4.88 Å². The van der Waals surface area contributed by atoms with Crippen LogP contribution < -0.4 is 10.5 Å². The highest BCUT2D eigenvalue weighted by molar-refractivity contribution is 7.09. The van der Waals surface area contributed by atoms with Gasteiger partial charge in [-0.1, -0.05) is 6.07 Å². The molecule has 0 atom stereocenters. The van der Waals surface area contributed by atoms with Crippen LogP contribution in [-0.2, 0) is 6.42 Å². The number of thiophene rings is 1. The third kappa shape index (κ3) is 2.73. The minimum Gasteiger partial charge on any atom is -0.489 e. The first-order valence-corrected chi connectivity index (χ1v) is 6.02. The normalized spacial score (nSPS) is 10.3. The van der Waals surface area contributed by atoms with Gasteiger partial charge in [-0.2, -0.15) is 0 Å². The molecule has 2 aromatic heterocycles. The van der Waals surface area contributed by atoms with E-state index in [4.69, 9.17) is 10.5 Å². The van der Waals surface area contributed by atoms with Gasteiger partial charge in [0.15, 0.2) is 11.6 Å². The summed E-state index contributed by atoms with van der Waals surface area (Å²) in [6, 6.07) is 7.91. The maximum atomic E-state index is 5.75. The minimum atomic E-state index is 0.464. The van der Waals surface area contributed by atoms with Crippen LogP contribution in [0.15, 0.2) is 29.6 Å². The van der Waals surface area contributed by atoms with Crippen molar-refractivity contribution in [3.8, 4) is 5.75 Å². The molecule has 0 aliphatic heterocycles. The fourth-order valence-electron chi connectivity index (χ4n) is 1.40. The molecule has 0 bridgehead atoms. The van der Waals surface area contributed by atoms with Crippen molar-refractivity contribution >= 4 is 17.2 Å². The zero-order valence-electron chi connectivity index (χ0n) is 9.14. The second kappa shape index (κ2) is 4.99. The van der Waals surface area contributed by atoms with E-state index in [0.717, 1.165) is 12.1 Å². The van der Waals surface area contributed by atoms with E-state index in [-0.39, 0.29) is 0 Å². The van der Waals surface area contributed by atoms with Crippen molar-refractivity contribution in [3.63, 3.8) is 0 Å². The molecule has 0 saturated carbocycles. The average molecular weight is 234 g/mol. The van der Waals surface area contributed by atoms with Crippen LogP contribution >= 0.6 is 11.3 Å². The fraction of sp³-hybridized carbons (Fsp3) is 0.250. The predicted molar refractivity (Wildman–Crippen MR) is 66.9 cm³/mol. The molecule has 0 radical (unpaired) electrons. The Morgan fingerprint density at radius 3 is 2.94 bits per heavy atom. The Hall–Kier alpha value is -1.55. The minimum absolute atomic E-state index is 0.464. The lowest BCUT2D eigenvalue weighted by molar-refractivity contribution is 0.323. The molecular weight excluding hydrogens is 220 g/mol. The molecule has 0 aromatic carbocycles. The number of aryl methyl sites for hydroxylation is 1. The lowest BCUT2D eigenvalue weighted by atomic mass is 10.3. The molecule has 4 heteroatoms. The summed E-state index contributed by atoms with van der Waals surface area (Å²) in [7, 11) is 0. The van der Waals surface area contributed by atoms with Crippen molar-refractivity contribution in [3.05, 3.63) is 40.2 Å². The van der Waals surface area contributed by atoms with Gasteiger partial charge in [-0.05, 0) is 30.5 Å². The molecule has 84 valence electrons. The number of rotatable bonds is 4. The van der Waals surface area contributed by atoms with Crippen LogP contribution in [-0.4, -0.2) is 11.6 Å². The highest BCUT2D eigenvalue weighted by Gasteiger charge is 2.02. The van der Waals surface area contributed by atoms with Gasteiger partial charge in [-0.15, -0.1) is 11.3 Å². The number of nitrogens with two attached hydrogens (primary N) is 1. The van der Waals surface area contributed by atoms with E-state index in [2.05, 4.69) is 16.4 Å². The van der Waals surface area contributed by atoms with Crippen LogP contribution in [0.5, 0.6) is 5.75 Å². The summed E-state index contributed by atoms with van der Waals surface area (Å²) in [6.07, 6.45) is 0.908. The molecule has 0 saturated heterocycles. The molecule has 2 heterocycles. The van der Waals surface area contributed by atoms with Crippen molar-refractivity contribution in [1.82, 2.24) is 4.98 Å². The Bertz CT molecular complexity index is 454. The van der Waals surface area contributed by atoms with E-state index in [0.29, 0.717) is 18.2 Å². The van der Waals surface area contributed by atoms with Crippen molar-refractivity contribution < 1.29 is 4.74 Å². The quantitative estimate of drug-likeness (QED) is 0.884. The van der Waals surface area contributed by atoms with Gasteiger partial charge in [-0.3, -0.25) is 0 Å². The first-order valence-electron chi connectivity index (χ1n) is 5.14. The zero-order valence-corrected chi connectivity index (χ0v) is 9.96. The molecule has 0 unspecified atom stereocenters. The van der Waals surface area contributed by atoms with E-state index in [1.54, 1.807) is 11.3 Å². The molecule has 0 amide bonds. The smallest absolute Gasteiger partial charge is 0.166 e. The number of hydrogen-bond donors (Lipinski definition) is 1. The lowest BCUT2D eigenvalue weighted by Gasteiger charge is -2.07. The van der Waals surface area contributed by atoms with Crippen LogP contribution in [0, 0.1) is 6.92 Å². The van der Waals surface area contributed by atoms with Gasteiger partial charge in [-0.25, -0.2) is 4.98 Å². The van der Waals surface area contributed by atoms with Gasteiger partial charge in [0.2, 0.25) is 0 Å². The van der Waals surface area contributed by atoms with Crippen LogP contribution in [0.2, 0.25) is 0 Å². The number of pyridine rings is 1. The summed E-state index contributed by atoms with van der Waals surface area (Å²) < 4.78 is 5.58. The van der Waals surface area contributed by atoms with E-state index in [1.807, 2.05) is 25.1 Å². The third-order valence-corrected chi connectivity index (χ3v) is 3.15. The van der Waals surface area contributed by atoms with E-state index in [9.17, 15) is 0 Å². The van der Waals surface area contributed by atoms with Gasteiger partial charge >= 0.3 is 0 Å². The predicted octanol–water partition coefficient (Wildman–Crippen LogP) is 2.66. The highest BCUT2D eigenvalue weighted by Crippen LogP contribution is 2.19. The highest BCUT2D eigenvalue weighted by atomic mass is 32.1. The summed E-state index contributed by atoms with van der Waals surface area (Å²) in [6.45, 7) is 2.54. The molecule has 0 spiro atoms. The molecule has 2 aromatic rings. The van der Waals surface area contributed by atoms with Crippen LogP contribution in [0.4, 0.5) is 5.82 Å². The number of nitrogen functional groups attached to an aromatic ring is 1. The Morgan fingerprint density at radius 2 is 2.25 bits per heavy atom. The summed E-state index contributed by atoms with van der Waals surface area (Å²) in [5, 5.41) is 2.07. The van der Waals surface area contributed by atoms with Crippen LogP contribution in [0.3, 0.4) is 0 Å². The molecule has 3 nitrogen and oxygen atoms in total. The van der Waals surface area contributed by atoms with Gasteiger partial charge in [0.1, 0.15) is 0 Å². The number of aromatic nitrogens is 1. The lowest BCUT2D eigenvalue weighted by Crippen LogP contribution is -2.04. The van der Waals surface area contributed by atoms with Crippen molar-refractivity contribution in [2.75, 3.05) is 12.3 Å². The van der Waals surface area contributed by atoms with Crippen molar-refractivity contribution in [1.29, 1.82) is 0 Å². The molecule has 2 rings (SSSR count). The largest absolute Gasteiger partial charge is 0.489 e. The van der Waals surface area contributed by atoms with Crippen molar-refractivity contribution in [2.45, 2.75) is 13.3 Å². The Morgan fingerprint density at radius 1 is 1.38 bits per heavy atom. The van der Waals surface area contributed by atoms with Gasteiger partial charge in [0.05, 0.1) is 6.61 Å². The van der Waals surface area contributed by atoms with Gasteiger partial charge in [0.25, 0.3) is 0 Å². The van der Waals surface area contributed by atoms with Crippen LogP contribution in [0.1, 0.15) is 10.6 Å². The van der Waals surface area contributed by atoms with Crippen molar-refractivity contribution in [2.24, 2.45) is 0 Å². The summed E-state index contributed by atoms with van der Waals surface area (Å²) in [5.74, 6) is 1.13. The number of ether oxygens (including phenoxy) is 1. The standard InChI is InChI=1S/C12H14N2OS/c1-9-4-5-11(12(13)14-9)15-7-6-10-3-2-8-16-10/h2-5,8H,6-7H2,1H3,(H2,13,14). The summed E-state index contributed by atoms with van der Waals surface area (Å²) in [4.78, 5) is 5.46.